The summed E-state index contributed by atoms with van der Waals surface area (Å²) in [6.07, 6.45) is 5.81. The molecule has 15 heavy (non-hydrogen) atoms. The quantitative estimate of drug-likeness (QED) is 0.758. The van der Waals surface area contributed by atoms with E-state index in [9.17, 15) is 0 Å². The van der Waals surface area contributed by atoms with Gasteiger partial charge in [0.25, 0.3) is 0 Å². The highest BCUT2D eigenvalue weighted by atomic mass is 32.1. The number of aromatic nitrogens is 2. The molecule has 86 valence electrons. The van der Waals surface area contributed by atoms with Gasteiger partial charge in [0.1, 0.15) is 0 Å². The first-order chi connectivity index (χ1) is 7.15. The first-order valence-corrected chi connectivity index (χ1v) is 6.01. The molecule has 0 aliphatic rings. The van der Waals surface area contributed by atoms with Crippen molar-refractivity contribution < 1.29 is 4.74 Å². The molecule has 4 heteroatoms. The van der Waals surface area contributed by atoms with E-state index in [4.69, 9.17) is 4.74 Å². The molecular weight excluding hydrogens is 208 g/mol. The Bertz CT molecular complexity index is 286. The van der Waals surface area contributed by atoms with E-state index in [2.05, 4.69) is 31.6 Å². The van der Waals surface area contributed by atoms with Gasteiger partial charge in [-0.05, 0) is 18.6 Å². The van der Waals surface area contributed by atoms with Crippen LogP contribution in [0.4, 0.5) is 0 Å². The molecule has 0 atom stereocenters. The Morgan fingerprint density at radius 2 is 2.13 bits per heavy atom. The van der Waals surface area contributed by atoms with Gasteiger partial charge in [-0.1, -0.05) is 13.8 Å². The fourth-order valence-electron chi connectivity index (χ4n) is 1.43. The zero-order valence-corrected chi connectivity index (χ0v) is 10.6. The van der Waals surface area contributed by atoms with Crippen LogP contribution < -0.4 is 4.74 Å². The molecule has 1 aromatic rings. The fraction of sp³-hybridized carbons (Fsp3) is 0.727. The van der Waals surface area contributed by atoms with E-state index in [0.29, 0.717) is 0 Å². The number of hydrogen-bond donors (Lipinski definition) is 1. The Labute approximate surface area is 97.2 Å². The van der Waals surface area contributed by atoms with Crippen LogP contribution in [-0.2, 0) is 7.05 Å². The third kappa shape index (κ3) is 3.16. The summed E-state index contributed by atoms with van der Waals surface area (Å²) in [5.41, 5.74) is 0.193. The van der Waals surface area contributed by atoms with Crippen LogP contribution >= 0.6 is 12.6 Å². The Morgan fingerprint density at radius 3 is 2.53 bits per heavy atom. The molecule has 0 aliphatic carbocycles. The van der Waals surface area contributed by atoms with Gasteiger partial charge in [0.15, 0.2) is 5.75 Å². The number of thiol groups is 1. The predicted octanol–water partition coefficient (Wildman–Crippen LogP) is 2.54. The van der Waals surface area contributed by atoms with E-state index in [1.165, 1.54) is 0 Å². The SMILES string of the molecule is CCC(CC)(CS)COc1cnn(C)c1. The van der Waals surface area contributed by atoms with Crippen molar-refractivity contribution in [3.8, 4) is 5.75 Å². The van der Waals surface area contributed by atoms with Crippen LogP contribution in [0.25, 0.3) is 0 Å². The largest absolute Gasteiger partial charge is 0.490 e. The minimum absolute atomic E-state index is 0.193. The van der Waals surface area contributed by atoms with Gasteiger partial charge < -0.3 is 4.74 Å². The van der Waals surface area contributed by atoms with Gasteiger partial charge in [0, 0.05) is 12.5 Å². The number of rotatable bonds is 6. The average molecular weight is 228 g/mol. The van der Waals surface area contributed by atoms with E-state index in [1.807, 2.05) is 13.2 Å². The van der Waals surface area contributed by atoms with E-state index < -0.39 is 0 Å². The second-order valence-corrected chi connectivity index (χ2v) is 4.32. The molecule has 0 aliphatic heterocycles. The van der Waals surface area contributed by atoms with E-state index in [0.717, 1.165) is 31.0 Å². The van der Waals surface area contributed by atoms with Crippen molar-refractivity contribution in [2.24, 2.45) is 12.5 Å². The average Bonchev–Trinajstić information content (AvgIpc) is 2.67. The third-order valence-electron chi connectivity index (χ3n) is 3.06. The Hall–Kier alpha value is -0.640. The molecule has 0 radical (unpaired) electrons. The van der Waals surface area contributed by atoms with Crippen molar-refractivity contribution in [2.75, 3.05) is 12.4 Å². The lowest BCUT2D eigenvalue weighted by molar-refractivity contribution is 0.157. The summed E-state index contributed by atoms with van der Waals surface area (Å²) in [5.74, 6) is 1.70. The summed E-state index contributed by atoms with van der Waals surface area (Å²) in [7, 11) is 1.89. The first kappa shape index (κ1) is 12.4. The fourth-order valence-corrected chi connectivity index (χ4v) is 1.97. The van der Waals surface area contributed by atoms with Crippen molar-refractivity contribution in [3.63, 3.8) is 0 Å². The molecule has 0 aromatic carbocycles. The van der Waals surface area contributed by atoms with Crippen molar-refractivity contribution in [1.29, 1.82) is 0 Å². The lowest BCUT2D eigenvalue weighted by atomic mass is 9.85. The van der Waals surface area contributed by atoms with Crippen molar-refractivity contribution in [2.45, 2.75) is 26.7 Å². The number of nitrogens with zero attached hydrogens (tertiary/aromatic N) is 2. The van der Waals surface area contributed by atoms with Crippen LogP contribution in [-0.4, -0.2) is 22.1 Å². The van der Waals surface area contributed by atoms with Gasteiger partial charge in [-0.15, -0.1) is 0 Å². The topological polar surface area (TPSA) is 27.1 Å². The molecule has 0 fully saturated rings. The molecule has 0 saturated heterocycles. The number of hydrogen-bond acceptors (Lipinski definition) is 3. The number of ether oxygens (including phenoxy) is 1. The van der Waals surface area contributed by atoms with Crippen LogP contribution in [0.15, 0.2) is 12.4 Å². The molecule has 0 bridgehead atoms. The normalized spacial score (nSPS) is 11.7. The smallest absolute Gasteiger partial charge is 0.157 e. The maximum absolute atomic E-state index is 5.73. The summed E-state index contributed by atoms with van der Waals surface area (Å²) < 4.78 is 7.48. The van der Waals surface area contributed by atoms with Crippen LogP contribution in [0, 0.1) is 5.41 Å². The lowest BCUT2D eigenvalue weighted by Crippen LogP contribution is -2.29. The van der Waals surface area contributed by atoms with Crippen LogP contribution in [0.5, 0.6) is 5.75 Å². The highest BCUT2D eigenvalue weighted by molar-refractivity contribution is 7.80. The second-order valence-electron chi connectivity index (χ2n) is 4.00. The summed E-state index contributed by atoms with van der Waals surface area (Å²) in [6.45, 7) is 5.09. The van der Waals surface area contributed by atoms with Gasteiger partial charge in [0.05, 0.1) is 19.0 Å². The summed E-state index contributed by atoms with van der Waals surface area (Å²) in [6, 6.07) is 0. The molecular formula is C11H20N2OS. The summed E-state index contributed by atoms with van der Waals surface area (Å²) in [5, 5.41) is 4.07. The van der Waals surface area contributed by atoms with Crippen LogP contribution in [0.3, 0.4) is 0 Å². The van der Waals surface area contributed by atoms with Gasteiger partial charge in [-0.25, -0.2) is 0 Å². The molecule has 3 nitrogen and oxygen atoms in total. The molecule has 1 aromatic heterocycles. The first-order valence-electron chi connectivity index (χ1n) is 5.38. The second kappa shape index (κ2) is 5.45. The predicted molar refractivity (Wildman–Crippen MR) is 65.6 cm³/mol. The van der Waals surface area contributed by atoms with Crippen LogP contribution in [0.2, 0.25) is 0 Å². The standard InChI is InChI=1S/C11H20N2OS/c1-4-11(5-2,9-15)8-14-10-6-12-13(3)7-10/h6-7,15H,4-5,8-9H2,1-3H3. The van der Waals surface area contributed by atoms with Gasteiger partial charge in [-0.3, -0.25) is 4.68 Å². The lowest BCUT2D eigenvalue weighted by Gasteiger charge is -2.29. The van der Waals surface area contributed by atoms with E-state index in [-0.39, 0.29) is 5.41 Å². The third-order valence-corrected chi connectivity index (χ3v) is 3.73. The molecule has 0 spiro atoms. The maximum Gasteiger partial charge on any atom is 0.157 e. The molecule has 0 amide bonds. The highest BCUT2D eigenvalue weighted by Gasteiger charge is 2.25. The highest BCUT2D eigenvalue weighted by Crippen LogP contribution is 2.28. The summed E-state index contributed by atoms with van der Waals surface area (Å²) >= 11 is 4.41. The van der Waals surface area contributed by atoms with Gasteiger partial charge in [0.2, 0.25) is 0 Å². The molecule has 1 rings (SSSR count). The maximum atomic E-state index is 5.73. The Kier molecular flexibility index (Phi) is 4.51. The van der Waals surface area contributed by atoms with Crippen LogP contribution in [0.1, 0.15) is 26.7 Å². The summed E-state index contributed by atoms with van der Waals surface area (Å²) in [4.78, 5) is 0. The molecule has 0 N–H and O–H groups in total. The Balaban J connectivity index is 2.54. The Morgan fingerprint density at radius 1 is 1.47 bits per heavy atom. The number of aryl methyl sites for hydroxylation is 1. The molecule has 0 saturated carbocycles. The van der Waals surface area contributed by atoms with E-state index in [1.54, 1.807) is 10.9 Å². The zero-order chi connectivity index (χ0) is 11.3. The monoisotopic (exact) mass is 228 g/mol. The van der Waals surface area contributed by atoms with Crippen molar-refractivity contribution in [1.82, 2.24) is 9.78 Å². The van der Waals surface area contributed by atoms with Gasteiger partial charge in [-0.2, -0.15) is 17.7 Å². The van der Waals surface area contributed by atoms with Crippen molar-refractivity contribution in [3.05, 3.63) is 12.4 Å². The minimum Gasteiger partial charge on any atom is -0.490 e. The molecule has 0 unspecified atom stereocenters. The minimum atomic E-state index is 0.193. The zero-order valence-electron chi connectivity index (χ0n) is 9.73. The molecule has 1 heterocycles. The van der Waals surface area contributed by atoms with Gasteiger partial charge >= 0.3 is 0 Å². The van der Waals surface area contributed by atoms with E-state index >= 15 is 0 Å². The van der Waals surface area contributed by atoms with Crippen molar-refractivity contribution >= 4 is 12.6 Å².